The van der Waals surface area contributed by atoms with E-state index in [9.17, 15) is 28.8 Å². The van der Waals surface area contributed by atoms with Crippen LogP contribution in [0.5, 0.6) is 11.5 Å². The van der Waals surface area contributed by atoms with E-state index in [2.05, 4.69) is 4.74 Å². The van der Waals surface area contributed by atoms with Gasteiger partial charge < -0.3 is 42.3 Å². The van der Waals surface area contributed by atoms with E-state index in [4.69, 9.17) is 37.6 Å². The molecule has 1 aliphatic carbocycles. The molecule has 15 heteroatoms. The Hall–Kier alpha value is -5.96. The van der Waals surface area contributed by atoms with E-state index < -0.39 is 61.2 Å². The lowest BCUT2D eigenvalue weighted by Crippen LogP contribution is -2.63. The van der Waals surface area contributed by atoms with E-state index in [-0.39, 0.29) is 17.1 Å². The molecule has 0 amide bonds. The van der Waals surface area contributed by atoms with Crippen LogP contribution in [-0.2, 0) is 52.4 Å². The molecular formula is C40H42O15. The van der Waals surface area contributed by atoms with Gasteiger partial charge in [0.25, 0.3) is 0 Å². The van der Waals surface area contributed by atoms with E-state index in [1.165, 1.54) is 26.2 Å². The lowest BCUT2D eigenvalue weighted by atomic mass is 9.91. The molecule has 5 atom stereocenters. The molecule has 5 rings (SSSR count). The fourth-order valence-electron chi connectivity index (χ4n) is 6.30. The van der Waals surface area contributed by atoms with E-state index >= 15 is 0 Å². The highest BCUT2D eigenvalue weighted by molar-refractivity contribution is 6.02. The van der Waals surface area contributed by atoms with Crippen LogP contribution >= 0.6 is 0 Å². The lowest BCUT2D eigenvalue weighted by molar-refractivity contribution is -0.288. The number of esters is 5. The molecule has 3 aliphatic rings. The second-order valence-corrected chi connectivity index (χ2v) is 12.8. The molecule has 0 saturated carbocycles. The van der Waals surface area contributed by atoms with Gasteiger partial charge in [0.05, 0.1) is 13.7 Å². The van der Waals surface area contributed by atoms with Crippen LogP contribution in [0.2, 0.25) is 0 Å². The maximum absolute atomic E-state index is 12.5. The molecule has 292 valence electrons. The number of hydrogen-bond donors (Lipinski definition) is 0. The predicted octanol–water partition coefficient (Wildman–Crippen LogP) is 5.06. The van der Waals surface area contributed by atoms with Gasteiger partial charge in [0.15, 0.2) is 17.6 Å². The van der Waals surface area contributed by atoms with Crippen molar-refractivity contribution in [2.75, 3.05) is 20.3 Å². The van der Waals surface area contributed by atoms with Gasteiger partial charge in [-0.3, -0.25) is 28.8 Å². The first-order valence-electron chi connectivity index (χ1n) is 17.5. The summed E-state index contributed by atoms with van der Waals surface area (Å²) in [6.45, 7) is 6.50. The summed E-state index contributed by atoms with van der Waals surface area (Å²) < 4.78 is 50.9. The standard InChI is InChI=1S/C40H42O15/c1-21-17-27(48-16-8-7-9-35(46)47-6)11-14-29(21)36-30-13-10-26(45)18-32(30)54-33-19-28(12-15-31(33)36)53-40-39(52-25(5)44)38(51-24(4)43)37(50-23(3)42)34(55-40)20-49-22(2)41/h10-15,17-19,34,37-40H,7-9,16,20H2,1-6H3/t34?,37-,38+,39?,40+/m0/s1. The van der Waals surface area contributed by atoms with Crippen molar-refractivity contribution in [1.82, 2.24) is 0 Å². The van der Waals surface area contributed by atoms with Crippen molar-refractivity contribution in [3.8, 4) is 33.9 Å². The number of rotatable bonds is 14. The van der Waals surface area contributed by atoms with Gasteiger partial charge in [0.1, 0.15) is 35.6 Å². The number of fused-ring (bicyclic) bond motifs is 2. The van der Waals surface area contributed by atoms with Gasteiger partial charge in [0, 0.05) is 62.8 Å². The highest BCUT2D eigenvalue weighted by Gasteiger charge is 2.53. The minimum Gasteiger partial charge on any atom is -0.494 e. The third-order valence-electron chi connectivity index (χ3n) is 8.60. The molecule has 1 saturated heterocycles. The summed E-state index contributed by atoms with van der Waals surface area (Å²) in [5.41, 5.74) is 3.23. The fourth-order valence-corrected chi connectivity index (χ4v) is 6.30. The maximum Gasteiger partial charge on any atom is 0.305 e. The molecule has 1 fully saturated rings. The first kappa shape index (κ1) is 40.2. The summed E-state index contributed by atoms with van der Waals surface area (Å²) in [5.74, 6) is -2.11. The van der Waals surface area contributed by atoms with Gasteiger partial charge in [0.2, 0.25) is 12.4 Å². The average Bonchev–Trinajstić information content (AvgIpc) is 3.11. The molecule has 0 aromatic heterocycles. The van der Waals surface area contributed by atoms with E-state index in [1.807, 2.05) is 25.1 Å². The van der Waals surface area contributed by atoms with Gasteiger partial charge in [-0.15, -0.1) is 0 Å². The van der Waals surface area contributed by atoms with E-state index in [0.29, 0.717) is 53.9 Å². The topological polar surface area (TPSA) is 189 Å². The molecule has 2 aromatic carbocycles. The average molecular weight is 763 g/mol. The zero-order chi connectivity index (χ0) is 39.8. The molecule has 15 nitrogen and oxygen atoms in total. The van der Waals surface area contributed by atoms with Crippen LogP contribution in [0.1, 0.15) is 52.5 Å². The summed E-state index contributed by atoms with van der Waals surface area (Å²) in [4.78, 5) is 72.3. The number of aryl methyl sites for hydroxylation is 1. The second-order valence-electron chi connectivity index (χ2n) is 12.8. The SMILES string of the molecule is COC(=O)CCCCOc1ccc(-c2c3ccc(=O)cc-3oc3cc(O[C@@H]4OC(COC(C)=O)[C@H](OC(C)=O)[C@@H](OC(C)=O)C4OC(C)=O)ccc23)c(C)c1. The van der Waals surface area contributed by atoms with Crippen molar-refractivity contribution in [2.45, 2.75) is 84.6 Å². The molecule has 0 spiro atoms. The number of carbonyl (C=O) groups is 5. The van der Waals surface area contributed by atoms with Crippen LogP contribution in [0.4, 0.5) is 0 Å². The Labute approximate surface area is 316 Å². The summed E-state index contributed by atoms with van der Waals surface area (Å²) in [5, 5.41) is 0.666. The first-order chi connectivity index (χ1) is 26.2. The van der Waals surface area contributed by atoms with Crippen molar-refractivity contribution in [3.05, 3.63) is 70.4 Å². The molecule has 0 bridgehead atoms. The molecule has 0 radical (unpaired) electrons. The predicted molar refractivity (Wildman–Crippen MR) is 193 cm³/mol. The number of hydrogen-bond acceptors (Lipinski definition) is 15. The van der Waals surface area contributed by atoms with Crippen LogP contribution in [0.15, 0.2) is 63.8 Å². The highest BCUT2D eigenvalue weighted by atomic mass is 16.7. The van der Waals surface area contributed by atoms with Crippen molar-refractivity contribution in [3.63, 3.8) is 0 Å². The number of unbranched alkanes of at least 4 members (excludes halogenated alkanes) is 1. The van der Waals surface area contributed by atoms with Crippen molar-refractivity contribution in [2.24, 2.45) is 0 Å². The Morgan fingerprint density at radius 1 is 0.727 bits per heavy atom. The third-order valence-corrected chi connectivity index (χ3v) is 8.60. The van der Waals surface area contributed by atoms with Gasteiger partial charge >= 0.3 is 29.8 Å². The Balaban J connectivity index is 1.51. The van der Waals surface area contributed by atoms with Crippen LogP contribution in [0, 0.1) is 6.92 Å². The Kier molecular flexibility index (Phi) is 13.1. The summed E-state index contributed by atoms with van der Waals surface area (Å²) in [6, 6.07) is 15.1. The van der Waals surface area contributed by atoms with Crippen molar-refractivity contribution >= 4 is 40.8 Å². The number of carbonyl (C=O) groups excluding carboxylic acids is 5. The van der Waals surface area contributed by atoms with Crippen molar-refractivity contribution < 1.29 is 66.3 Å². The largest absolute Gasteiger partial charge is 0.494 e. The molecule has 2 aliphatic heterocycles. The maximum atomic E-state index is 12.5. The summed E-state index contributed by atoms with van der Waals surface area (Å²) in [7, 11) is 1.36. The van der Waals surface area contributed by atoms with Crippen LogP contribution in [0.3, 0.4) is 0 Å². The van der Waals surface area contributed by atoms with Gasteiger partial charge in [-0.25, -0.2) is 0 Å². The van der Waals surface area contributed by atoms with Crippen LogP contribution in [0.25, 0.3) is 33.4 Å². The number of methoxy groups -OCH3 is 1. The Morgan fingerprint density at radius 3 is 2.07 bits per heavy atom. The van der Waals surface area contributed by atoms with Gasteiger partial charge in [-0.1, -0.05) is 6.07 Å². The lowest BCUT2D eigenvalue weighted by Gasteiger charge is -2.43. The van der Waals surface area contributed by atoms with E-state index in [0.717, 1.165) is 37.5 Å². The Bertz CT molecular complexity index is 2080. The van der Waals surface area contributed by atoms with Gasteiger partial charge in [-0.2, -0.15) is 0 Å². The number of ether oxygens (including phenoxy) is 8. The molecule has 2 unspecified atom stereocenters. The summed E-state index contributed by atoms with van der Waals surface area (Å²) >= 11 is 0. The molecule has 55 heavy (non-hydrogen) atoms. The van der Waals surface area contributed by atoms with Gasteiger partial charge in [-0.05, 0) is 67.3 Å². The molecule has 0 N–H and O–H groups in total. The minimum atomic E-state index is -1.47. The summed E-state index contributed by atoms with van der Waals surface area (Å²) in [6.07, 6.45) is -5.27. The normalized spacial score (nSPS) is 19.3. The fraction of sp³-hybridized carbons (Fsp3) is 0.400. The monoisotopic (exact) mass is 762 g/mol. The van der Waals surface area contributed by atoms with Crippen molar-refractivity contribution in [1.29, 1.82) is 0 Å². The van der Waals surface area contributed by atoms with E-state index in [1.54, 1.807) is 24.3 Å². The molecular weight excluding hydrogens is 720 g/mol. The Morgan fingerprint density at radius 2 is 1.40 bits per heavy atom. The minimum absolute atomic E-state index is 0.161. The quantitative estimate of drug-likeness (QED) is 0.0717. The second kappa shape index (κ2) is 17.9. The first-order valence-corrected chi connectivity index (χ1v) is 17.5. The zero-order valence-electron chi connectivity index (χ0n) is 31.2. The van der Waals surface area contributed by atoms with Crippen LogP contribution in [-0.4, -0.2) is 80.9 Å². The highest BCUT2D eigenvalue weighted by Crippen LogP contribution is 2.43. The smallest absolute Gasteiger partial charge is 0.305 e. The zero-order valence-corrected chi connectivity index (χ0v) is 31.2. The van der Waals surface area contributed by atoms with Crippen LogP contribution < -0.4 is 14.9 Å². The molecule has 2 aromatic rings. The number of benzene rings is 3. The third kappa shape index (κ3) is 10.2. The molecule has 2 heterocycles.